The number of morpholine rings is 1. The Kier molecular flexibility index (Phi) is 3.70. The van der Waals surface area contributed by atoms with E-state index in [1.807, 2.05) is 0 Å². The van der Waals surface area contributed by atoms with Gasteiger partial charge in [-0.25, -0.2) is 8.42 Å². The van der Waals surface area contributed by atoms with Gasteiger partial charge >= 0.3 is 0 Å². The zero-order valence-electron chi connectivity index (χ0n) is 9.54. The third kappa shape index (κ3) is 2.78. The van der Waals surface area contributed by atoms with Gasteiger partial charge in [0.2, 0.25) is 5.91 Å². The zero-order valence-corrected chi connectivity index (χ0v) is 10.4. The molecule has 98 valence electrons. The molecule has 1 amide bonds. The minimum atomic E-state index is -2.93. The molecule has 2 rings (SSSR count). The second-order valence-corrected chi connectivity index (χ2v) is 6.84. The average Bonchev–Trinajstić information content (AvgIpc) is 2.29. The fourth-order valence-corrected chi connectivity index (χ4v) is 3.91. The Morgan fingerprint density at radius 2 is 2.00 bits per heavy atom. The molecule has 7 heteroatoms. The van der Waals surface area contributed by atoms with Gasteiger partial charge in [0, 0.05) is 6.04 Å². The highest BCUT2D eigenvalue weighted by Crippen LogP contribution is 2.22. The number of aliphatic hydroxyl groups excluding tert-OH is 1. The predicted molar refractivity (Wildman–Crippen MR) is 60.2 cm³/mol. The van der Waals surface area contributed by atoms with Crippen molar-refractivity contribution in [2.45, 2.75) is 24.9 Å². The summed E-state index contributed by atoms with van der Waals surface area (Å²) < 4.78 is 27.7. The van der Waals surface area contributed by atoms with Crippen LogP contribution in [0.4, 0.5) is 0 Å². The lowest BCUT2D eigenvalue weighted by Crippen LogP contribution is -2.57. The summed E-state index contributed by atoms with van der Waals surface area (Å²) in [4.78, 5) is 13.4. The summed E-state index contributed by atoms with van der Waals surface area (Å²) in [6.07, 6.45) is 0.926. The van der Waals surface area contributed by atoms with Crippen molar-refractivity contribution in [1.29, 1.82) is 0 Å². The third-order valence-electron chi connectivity index (χ3n) is 3.35. The first kappa shape index (κ1) is 12.8. The van der Waals surface area contributed by atoms with Crippen molar-refractivity contribution in [2.24, 2.45) is 0 Å². The van der Waals surface area contributed by atoms with Crippen molar-refractivity contribution in [3.05, 3.63) is 0 Å². The molecule has 0 bridgehead atoms. The molecule has 1 N–H and O–H groups in total. The Bertz CT molecular complexity index is 380. The molecular formula is C10H17NO5S. The van der Waals surface area contributed by atoms with E-state index in [-0.39, 0.29) is 42.7 Å². The van der Waals surface area contributed by atoms with E-state index in [1.165, 1.54) is 0 Å². The highest BCUT2D eigenvalue weighted by atomic mass is 32.2. The number of amides is 1. The van der Waals surface area contributed by atoms with Crippen LogP contribution in [-0.4, -0.2) is 67.7 Å². The number of nitrogens with zero attached hydrogens (tertiary/aromatic N) is 1. The maximum absolute atomic E-state index is 11.8. The molecule has 0 aromatic carbocycles. The van der Waals surface area contributed by atoms with E-state index < -0.39 is 9.84 Å². The van der Waals surface area contributed by atoms with Crippen molar-refractivity contribution in [1.82, 2.24) is 4.90 Å². The number of hydrogen-bond donors (Lipinski definition) is 1. The number of sulfone groups is 1. The zero-order chi connectivity index (χ0) is 12.5. The minimum Gasteiger partial charge on any atom is -0.394 e. The van der Waals surface area contributed by atoms with Gasteiger partial charge in [0.05, 0.1) is 30.8 Å². The largest absolute Gasteiger partial charge is 0.394 e. The van der Waals surface area contributed by atoms with E-state index in [9.17, 15) is 18.3 Å². The number of carbonyl (C=O) groups is 1. The Morgan fingerprint density at radius 3 is 2.59 bits per heavy atom. The van der Waals surface area contributed by atoms with Crippen molar-refractivity contribution in [3.63, 3.8) is 0 Å². The lowest BCUT2D eigenvalue weighted by atomic mass is 10.1. The Labute approximate surface area is 100 Å². The van der Waals surface area contributed by atoms with Crippen LogP contribution in [-0.2, 0) is 19.4 Å². The van der Waals surface area contributed by atoms with Gasteiger partial charge in [-0.3, -0.25) is 4.79 Å². The fraction of sp³-hybridized carbons (Fsp3) is 0.900. The molecule has 2 aliphatic heterocycles. The summed E-state index contributed by atoms with van der Waals surface area (Å²) in [6.45, 7) is 0.209. The van der Waals surface area contributed by atoms with Crippen LogP contribution in [0, 0.1) is 0 Å². The van der Waals surface area contributed by atoms with Crippen LogP contribution >= 0.6 is 0 Å². The molecule has 17 heavy (non-hydrogen) atoms. The number of aliphatic hydroxyl groups is 1. The molecule has 1 atom stereocenters. The van der Waals surface area contributed by atoms with Crippen LogP contribution in [0.3, 0.4) is 0 Å². The van der Waals surface area contributed by atoms with Crippen LogP contribution in [0.2, 0.25) is 0 Å². The third-order valence-corrected chi connectivity index (χ3v) is 5.06. The van der Waals surface area contributed by atoms with Crippen LogP contribution in [0.25, 0.3) is 0 Å². The van der Waals surface area contributed by atoms with Gasteiger partial charge in [0.1, 0.15) is 16.4 Å². The molecule has 0 aliphatic carbocycles. The molecule has 2 saturated heterocycles. The SMILES string of the molecule is O=C1COCC(CO)N1C1CCS(=O)(=O)CC1. The quantitative estimate of drug-likeness (QED) is 0.675. The lowest BCUT2D eigenvalue weighted by molar-refractivity contribution is -0.154. The maximum Gasteiger partial charge on any atom is 0.249 e. The van der Waals surface area contributed by atoms with Crippen LogP contribution < -0.4 is 0 Å². The number of rotatable bonds is 2. The van der Waals surface area contributed by atoms with Gasteiger partial charge in [0.15, 0.2) is 0 Å². The monoisotopic (exact) mass is 263 g/mol. The van der Waals surface area contributed by atoms with E-state index >= 15 is 0 Å². The maximum atomic E-state index is 11.8. The fourth-order valence-electron chi connectivity index (χ4n) is 2.44. The highest BCUT2D eigenvalue weighted by Gasteiger charge is 2.36. The Balaban J connectivity index is 2.07. The molecule has 2 aliphatic rings. The first-order chi connectivity index (χ1) is 8.03. The molecule has 0 saturated carbocycles. The van der Waals surface area contributed by atoms with Gasteiger partial charge < -0.3 is 14.7 Å². The van der Waals surface area contributed by atoms with Crippen molar-refractivity contribution >= 4 is 15.7 Å². The van der Waals surface area contributed by atoms with Gasteiger partial charge in [-0.05, 0) is 12.8 Å². The second-order valence-electron chi connectivity index (χ2n) is 4.54. The summed E-state index contributed by atoms with van der Waals surface area (Å²) in [5.74, 6) is 0.0977. The van der Waals surface area contributed by atoms with Crippen LogP contribution in [0.1, 0.15) is 12.8 Å². The van der Waals surface area contributed by atoms with Gasteiger partial charge in [-0.1, -0.05) is 0 Å². The van der Waals surface area contributed by atoms with Gasteiger partial charge in [-0.15, -0.1) is 0 Å². The first-order valence-electron chi connectivity index (χ1n) is 5.73. The number of ether oxygens (including phenoxy) is 1. The molecule has 1 unspecified atom stereocenters. The molecule has 0 aromatic rings. The number of carbonyl (C=O) groups excluding carboxylic acids is 1. The summed E-state index contributed by atoms with van der Waals surface area (Å²) in [5, 5.41) is 9.22. The molecule has 6 nitrogen and oxygen atoms in total. The predicted octanol–water partition coefficient (Wildman–Crippen LogP) is -1.22. The number of hydrogen-bond acceptors (Lipinski definition) is 5. The topological polar surface area (TPSA) is 83.9 Å². The molecule has 2 heterocycles. The summed E-state index contributed by atoms with van der Waals surface area (Å²) >= 11 is 0. The minimum absolute atomic E-state index is 0.0275. The van der Waals surface area contributed by atoms with E-state index in [2.05, 4.69) is 0 Å². The normalized spacial score (nSPS) is 30.5. The van der Waals surface area contributed by atoms with E-state index in [4.69, 9.17) is 4.74 Å². The van der Waals surface area contributed by atoms with Crippen LogP contribution in [0.5, 0.6) is 0 Å². The first-order valence-corrected chi connectivity index (χ1v) is 7.56. The molecule has 0 spiro atoms. The van der Waals surface area contributed by atoms with Crippen molar-refractivity contribution in [3.8, 4) is 0 Å². The van der Waals surface area contributed by atoms with Crippen LogP contribution in [0.15, 0.2) is 0 Å². The standard InChI is InChI=1S/C10H17NO5S/c12-5-9-6-16-7-10(13)11(9)8-1-3-17(14,15)4-2-8/h8-9,12H,1-7H2. The summed E-state index contributed by atoms with van der Waals surface area (Å²) in [5.41, 5.74) is 0. The van der Waals surface area contributed by atoms with Gasteiger partial charge in [-0.2, -0.15) is 0 Å². The smallest absolute Gasteiger partial charge is 0.249 e. The summed E-state index contributed by atoms with van der Waals surface area (Å²) in [7, 11) is -2.93. The molecular weight excluding hydrogens is 246 g/mol. The second kappa shape index (κ2) is 4.91. The van der Waals surface area contributed by atoms with E-state index in [0.717, 1.165) is 0 Å². The average molecular weight is 263 g/mol. The Morgan fingerprint density at radius 1 is 1.35 bits per heavy atom. The van der Waals surface area contributed by atoms with E-state index in [0.29, 0.717) is 19.4 Å². The molecule has 2 fully saturated rings. The van der Waals surface area contributed by atoms with Gasteiger partial charge in [0.25, 0.3) is 0 Å². The Hall–Kier alpha value is -0.660. The summed E-state index contributed by atoms with van der Waals surface area (Å²) in [6, 6.07) is -0.408. The van der Waals surface area contributed by atoms with Crippen molar-refractivity contribution in [2.75, 3.05) is 31.3 Å². The molecule has 0 radical (unpaired) electrons. The highest BCUT2D eigenvalue weighted by molar-refractivity contribution is 7.91. The van der Waals surface area contributed by atoms with E-state index in [1.54, 1.807) is 4.90 Å². The van der Waals surface area contributed by atoms with Crippen molar-refractivity contribution < 1.29 is 23.1 Å². The lowest BCUT2D eigenvalue weighted by Gasteiger charge is -2.41. The molecule has 0 aromatic heterocycles.